The lowest BCUT2D eigenvalue weighted by molar-refractivity contribution is -0.120. The molecule has 13 nitrogen and oxygen atoms in total. The maximum atomic E-state index is 11.5. The molecule has 1 fully saturated rings. The number of anilines is 1. The Kier molecular flexibility index (Phi) is 5.66. The molecular weight excluding hydrogens is 395 g/mol. The van der Waals surface area contributed by atoms with Crippen molar-refractivity contribution < 1.29 is 33.5 Å². The van der Waals surface area contributed by atoms with Crippen molar-refractivity contribution >= 4 is 30.7 Å². The van der Waals surface area contributed by atoms with Gasteiger partial charge in [0, 0.05) is 21.0 Å². The number of imidazole rings is 1. The average Bonchev–Trinajstić information content (AvgIpc) is 3.14. The minimum Gasteiger partial charge on any atom is -0.386 e. The molecule has 1 saturated heterocycles. The summed E-state index contributed by atoms with van der Waals surface area (Å²) in [7, 11) is -1.16. The number of carbonyl (C=O) groups is 1. The quantitative estimate of drug-likeness (QED) is 0.415. The van der Waals surface area contributed by atoms with E-state index in [1.165, 1.54) is 24.1 Å². The lowest BCUT2D eigenvalue weighted by Gasteiger charge is -2.21. The highest BCUT2D eigenvalue weighted by molar-refractivity contribution is 7.46. The van der Waals surface area contributed by atoms with E-state index in [9.17, 15) is 14.5 Å². The van der Waals surface area contributed by atoms with Gasteiger partial charge in [0.25, 0.3) is 0 Å². The van der Waals surface area contributed by atoms with Crippen LogP contribution in [0.3, 0.4) is 0 Å². The number of phosphoric ester groups is 1. The standard InChI is InChI=1S/C14H21N6O7P/c1-7(21)18-9-8(4-26-28(23,24)25)27-14(11(9)22)20-6-17-10-12(19(2)3)15-5-16-13(10)20/h5-6,8-9,11,14,22H,4H2,1-3H3,(H,18,21)(H2,23,24,25)/t8-,9-,11-,14-/m1/s1. The minimum atomic E-state index is -4.75. The van der Waals surface area contributed by atoms with Crippen molar-refractivity contribution in [3.63, 3.8) is 0 Å². The first kappa shape index (κ1) is 20.6. The number of rotatable bonds is 6. The number of hydrogen-bond acceptors (Lipinski definition) is 9. The van der Waals surface area contributed by atoms with Crippen molar-refractivity contribution in [1.29, 1.82) is 0 Å². The van der Waals surface area contributed by atoms with Crippen molar-refractivity contribution in [3.8, 4) is 0 Å². The number of ether oxygens (including phenoxy) is 1. The smallest absolute Gasteiger partial charge is 0.386 e. The van der Waals surface area contributed by atoms with Crippen LogP contribution in [-0.4, -0.2) is 79.3 Å². The van der Waals surface area contributed by atoms with Gasteiger partial charge < -0.3 is 29.8 Å². The molecule has 0 radical (unpaired) electrons. The van der Waals surface area contributed by atoms with Crippen molar-refractivity contribution in [1.82, 2.24) is 24.8 Å². The average molecular weight is 416 g/mol. The number of aliphatic hydroxyl groups excluding tert-OH is 1. The minimum absolute atomic E-state index is 0.390. The van der Waals surface area contributed by atoms with Crippen LogP contribution < -0.4 is 10.2 Å². The fourth-order valence-corrected chi connectivity index (χ4v) is 3.39. The Hall–Kier alpha value is -2.15. The fraction of sp³-hybridized carbons (Fsp3) is 0.571. The topological polar surface area (TPSA) is 172 Å². The van der Waals surface area contributed by atoms with Crippen LogP contribution in [0.1, 0.15) is 13.2 Å². The molecule has 1 aliphatic heterocycles. The molecule has 4 atom stereocenters. The molecule has 14 heteroatoms. The van der Waals surface area contributed by atoms with Crippen LogP contribution in [0.2, 0.25) is 0 Å². The molecule has 2 aromatic rings. The predicted molar refractivity (Wildman–Crippen MR) is 95.2 cm³/mol. The SMILES string of the molecule is CC(=O)N[C@H]1[C@@H](O)[C@H](n2cnc3c(N(C)C)ncnc32)O[C@@H]1COP(=O)(O)O. The van der Waals surface area contributed by atoms with E-state index in [2.05, 4.69) is 24.8 Å². The first-order chi connectivity index (χ1) is 13.1. The summed E-state index contributed by atoms with van der Waals surface area (Å²) in [5.41, 5.74) is 0.871. The Balaban J connectivity index is 1.93. The van der Waals surface area contributed by atoms with E-state index >= 15 is 0 Å². The highest BCUT2D eigenvalue weighted by Crippen LogP contribution is 2.39. The van der Waals surface area contributed by atoms with Crippen LogP contribution in [0.25, 0.3) is 11.2 Å². The maximum absolute atomic E-state index is 11.5. The Morgan fingerprint density at radius 2 is 2.11 bits per heavy atom. The number of hydrogen-bond donors (Lipinski definition) is 4. The highest BCUT2D eigenvalue weighted by Gasteiger charge is 2.46. The van der Waals surface area contributed by atoms with E-state index in [1.807, 2.05) is 0 Å². The van der Waals surface area contributed by atoms with Gasteiger partial charge in [0.05, 0.1) is 19.0 Å². The number of aromatic nitrogens is 4. The van der Waals surface area contributed by atoms with Crippen LogP contribution in [0.4, 0.5) is 5.82 Å². The van der Waals surface area contributed by atoms with E-state index in [0.717, 1.165) is 0 Å². The van der Waals surface area contributed by atoms with Crippen molar-refractivity contribution in [2.45, 2.75) is 31.4 Å². The second-order valence-electron chi connectivity index (χ2n) is 6.48. The summed E-state index contributed by atoms with van der Waals surface area (Å²) in [4.78, 5) is 43.7. The molecule has 0 bridgehead atoms. The van der Waals surface area contributed by atoms with Gasteiger partial charge in [-0.25, -0.2) is 19.5 Å². The molecule has 154 valence electrons. The molecule has 0 aromatic carbocycles. The Morgan fingerprint density at radius 1 is 1.39 bits per heavy atom. The Morgan fingerprint density at radius 3 is 2.71 bits per heavy atom. The first-order valence-electron chi connectivity index (χ1n) is 8.24. The third-order valence-corrected chi connectivity index (χ3v) is 4.67. The molecule has 28 heavy (non-hydrogen) atoms. The molecule has 2 aromatic heterocycles. The lowest BCUT2D eigenvalue weighted by atomic mass is 10.1. The van der Waals surface area contributed by atoms with Crippen LogP contribution in [0, 0.1) is 0 Å². The Bertz CT molecular complexity index is 915. The van der Waals surface area contributed by atoms with Gasteiger partial charge in [0.2, 0.25) is 5.91 Å². The zero-order chi connectivity index (χ0) is 20.6. The number of carbonyl (C=O) groups excluding carboxylic acids is 1. The van der Waals surface area contributed by atoms with E-state index in [1.54, 1.807) is 19.0 Å². The summed E-state index contributed by atoms with van der Waals surface area (Å²) < 4.78 is 22.7. The summed E-state index contributed by atoms with van der Waals surface area (Å²) in [6.45, 7) is 0.720. The van der Waals surface area contributed by atoms with Crippen molar-refractivity contribution in [3.05, 3.63) is 12.7 Å². The molecule has 0 saturated carbocycles. The first-order valence-corrected chi connectivity index (χ1v) is 9.77. The number of fused-ring (bicyclic) bond motifs is 1. The van der Waals surface area contributed by atoms with Crippen molar-refractivity contribution in [2.24, 2.45) is 0 Å². The maximum Gasteiger partial charge on any atom is 0.469 e. The van der Waals surface area contributed by atoms with Crippen LogP contribution in [0.5, 0.6) is 0 Å². The van der Waals surface area contributed by atoms with Gasteiger partial charge in [-0.1, -0.05) is 0 Å². The van der Waals surface area contributed by atoms with Gasteiger partial charge >= 0.3 is 7.82 Å². The molecule has 0 unspecified atom stereocenters. The summed E-state index contributed by atoms with van der Waals surface area (Å²) in [6, 6.07) is -0.957. The van der Waals surface area contributed by atoms with Crippen LogP contribution in [-0.2, 0) is 18.6 Å². The van der Waals surface area contributed by atoms with Gasteiger partial charge in [-0.15, -0.1) is 0 Å². The molecule has 0 spiro atoms. The monoisotopic (exact) mass is 416 g/mol. The third-order valence-electron chi connectivity index (χ3n) is 4.19. The van der Waals surface area contributed by atoms with Crippen LogP contribution in [0.15, 0.2) is 12.7 Å². The number of nitrogens with zero attached hydrogens (tertiary/aromatic N) is 5. The zero-order valence-electron chi connectivity index (χ0n) is 15.3. The number of aliphatic hydroxyl groups is 1. The van der Waals surface area contributed by atoms with Gasteiger partial charge in [-0.3, -0.25) is 13.9 Å². The summed E-state index contributed by atoms with van der Waals surface area (Å²) in [5, 5.41) is 13.2. The lowest BCUT2D eigenvalue weighted by Crippen LogP contribution is -2.47. The number of nitrogens with one attached hydrogen (secondary N) is 1. The largest absolute Gasteiger partial charge is 0.469 e. The molecule has 4 N–H and O–H groups in total. The fourth-order valence-electron chi connectivity index (χ4n) is 3.05. The second kappa shape index (κ2) is 7.70. The molecule has 1 aliphatic rings. The normalized spacial score (nSPS) is 25.2. The Labute approximate surface area is 159 Å². The van der Waals surface area contributed by atoms with E-state index in [4.69, 9.17) is 14.5 Å². The molecule has 3 heterocycles. The summed E-state index contributed by atoms with van der Waals surface area (Å²) in [6.07, 6.45) is -0.514. The molecule has 3 rings (SSSR count). The van der Waals surface area contributed by atoms with E-state index in [-0.39, 0.29) is 0 Å². The molecular formula is C14H21N6O7P. The number of amides is 1. The van der Waals surface area contributed by atoms with Gasteiger partial charge in [-0.05, 0) is 0 Å². The van der Waals surface area contributed by atoms with E-state index < -0.39 is 44.8 Å². The second-order valence-corrected chi connectivity index (χ2v) is 7.72. The van der Waals surface area contributed by atoms with E-state index in [0.29, 0.717) is 17.0 Å². The van der Waals surface area contributed by atoms with Crippen LogP contribution >= 0.6 is 7.82 Å². The summed E-state index contributed by atoms with van der Waals surface area (Å²) in [5.74, 6) is 0.123. The number of phosphoric acid groups is 1. The van der Waals surface area contributed by atoms with Crippen molar-refractivity contribution in [2.75, 3.05) is 25.6 Å². The van der Waals surface area contributed by atoms with Gasteiger partial charge in [0.1, 0.15) is 18.5 Å². The predicted octanol–water partition coefficient (Wildman–Crippen LogP) is -1.24. The molecule has 1 amide bonds. The highest BCUT2D eigenvalue weighted by atomic mass is 31.2. The van der Waals surface area contributed by atoms with Gasteiger partial charge in [0.15, 0.2) is 23.2 Å². The third kappa shape index (κ3) is 4.14. The zero-order valence-corrected chi connectivity index (χ0v) is 16.2. The molecule has 0 aliphatic carbocycles. The van der Waals surface area contributed by atoms with Gasteiger partial charge in [-0.2, -0.15) is 0 Å². The summed E-state index contributed by atoms with van der Waals surface area (Å²) >= 11 is 0.